The number of hydrogen-bond acceptors (Lipinski definition) is 12. The topological polar surface area (TPSA) is 264 Å². The van der Waals surface area contributed by atoms with Gasteiger partial charge in [0.05, 0.1) is 30.2 Å². The molecule has 3 unspecified atom stereocenters. The molecule has 3 rings (SSSR count). The lowest BCUT2D eigenvalue weighted by Crippen LogP contribution is -2.30. The number of nitrogen functional groups attached to an aromatic ring is 1. The summed E-state index contributed by atoms with van der Waals surface area (Å²) in [7, 11) is -16.6. The molecule has 0 spiro atoms. The fourth-order valence-corrected chi connectivity index (χ4v) is 6.74. The van der Waals surface area contributed by atoms with Gasteiger partial charge in [-0.25, -0.2) is 23.7 Å². The van der Waals surface area contributed by atoms with Gasteiger partial charge in [-0.1, -0.05) is 25.7 Å². The highest BCUT2D eigenvalue weighted by molar-refractivity contribution is 7.66. The molecule has 0 bridgehead atoms. The first kappa shape index (κ1) is 33.3. The Balaban J connectivity index is 1.84. The molecule has 228 valence electrons. The Kier molecular flexibility index (Phi) is 10.9. The average Bonchev–Trinajstić information content (AvgIpc) is 3.38. The van der Waals surface area contributed by atoms with Crippen molar-refractivity contribution in [1.82, 2.24) is 19.9 Å². The molecule has 5 atom stereocenters. The number of anilines is 1. The first-order chi connectivity index (χ1) is 19.0. The highest BCUT2D eigenvalue weighted by atomic mass is 31.3. The molecule has 3 heterocycles. The summed E-state index contributed by atoms with van der Waals surface area (Å²) in [4.78, 5) is 56.1. The van der Waals surface area contributed by atoms with Crippen molar-refractivity contribution in [2.75, 3.05) is 25.5 Å². The van der Waals surface area contributed by atoms with Gasteiger partial charge in [-0.05, 0) is 5.92 Å². The van der Waals surface area contributed by atoms with Crippen LogP contribution in [0.2, 0.25) is 0 Å². The van der Waals surface area contributed by atoms with E-state index in [9.17, 15) is 28.3 Å². The molecule has 0 radical (unpaired) electrons. The summed E-state index contributed by atoms with van der Waals surface area (Å²) >= 11 is 0. The normalized spacial score (nSPS) is 22.2. The quantitative estimate of drug-likeness (QED) is 0.140. The van der Waals surface area contributed by atoms with Crippen LogP contribution < -0.4 is 11.1 Å². The number of hydrogen-bond donors (Lipinski definition) is 6. The molecular weight excluding hydrogens is 611 g/mol. The zero-order valence-corrected chi connectivity index (χ0v) is 24.7. The van der Waals surface area contributed by atoms with E-state index in [0.29, 0.717) is 16.6 Å². The van der Waals surface area contributed by atoms with Crippen molar-refractivity contribution in [3.8, 4) is 11.8 Å². The first-order valence-corrected chi connectivity index (χ1v) is 16.4. The van der Waals surface area contributed by atoms with Gasteiger partial charge in [0.25, 0.3) is 0 Å². The summed E-state index contributed by atoms with van der Waals surface area (Å²) in [6.45, 7) is 4.84. The van der Waals surface area contributed by atoms with Crippen LogP contribution in [0, 0.1) is 17.8 Å². The molecule has 0 aromatic carbocycles. The van der Waals surface area contributed by atoms with Gasteiger partial charge in [0.15, 0.2) is 0 Å². The minimum Gasteiger partial charge on any atom is -0.383 e. The highest BCUT2D eigenvalue weighted by Crippen LogP contribution is 2.66. The summed E-state index contributed by atoms with van der Waals surface area (Å²) in [5.41, 5.74) is 6.89. The molecule has 0 saturated carbocycles. The number of carbonyl (C=O) groups is 1. The number of phosphoric ester groups is 1. The number of fused-ring (bicyclic) bond motifs is 1. The van der Waals surface area contributed by atoms with Crippen LogP contribution in [0.15, 0.2) is 12.5 Å². The van der Waals surface area contributed by atoms with Crippen LogP contribution in [0.3, 0.4) is 0 Å². The maximum atomic E-state index is 12.3. The van der Waals surface area contributed by atoms with Crippen molar-refractivity contribution in [2.45, 2.75) is 45.6 Å². The van der Waals surface area contributed by atoms with E-state index in [1.54, 1.807) is 10.8 Å². The molecule has 18 nitrogen and oxygen atoms in total. The van der Waals surface area contributed by atoms with Gasteiger partial charge in [-0.15, -0.1) is 0 Å². The Morgan fingerprint density at radius 2 is 1.93 bits per heavy atom. The van der Waals surface area contributed by atoms with Crippen LogP contribution in [-0.4, -0.2) is 72.0 Å². The molecule has 2 aromatic rings. The van der Waals surface area contributed by atoms with E-state index < -0.39 is 48.5 Å². The van der Waals surface area contributed by atoms with Crippen LogP contribution in [0.25, 0.3) is 11.0 Å². The molecule has 21 heteroatoms. The third-order valence-corrected chi connectivity index (χ3v) is 9.04. The van der Waals surface area contributed by atoms with E-state index in [-0.39, 0.29) is 37.2 Å². The number of rotatable bonds is 12. The predicted molar refractivity (Wildman–Crippen MR) is 140 cm³/mol. The number of aromatic nitrogens is 3. The van der Waals surface area contributed by atoms with Crippen molar-refractivity contribution in [1.29, 1.82) is 0 Å². The second-order valence-electron chi connectivity index (χ2n) is 9.14. The Hall–Kier alpha value is -2.22. The minimum atomic E-state index is -5.68. The Bertz CT molecular complexity index is 1470. The van der Waals surface area contributed by atoms with Crippen molar-refractivity contribution in [3.05, 3.63) is 18.1 Å². The molecule has 1 saturated heterocycles. The first-order valence-electron chi connectivity index (χ1n) is 11.9. The van der Waals surface area contributed by atoms with E-state index in [0.717, 1.165) is 0 Å². The highest BCUT2D eigenvalue weighted by Gasteiger charge is 2.43. The van der Waals surface area contributed by atoms with Gasteiger partial charge in [-0.3, -0.25) is 9.32 Å². The number of nitrogens with two attached hydrogens (primary N) is 1. The van der Waals surface area contributed by atoms with E-state index in [1.807, 2.05) is 13.8 Å². The lowest BCUT2D eigenvalue weighted by Gasteiger charge is -2.21. The van der Waals surface area contributed by atoms with Gasteiger partial charge in [0.1, 0.15) is 30.1 Å². The molecular formula is C20H30N5O13P3. The van der Waals surface area contributed by atoms with Gasteiger partial charge in [0.2, 0.25) is 5.91 Å². The number of ether oxygens (including phenoxy) is 2. The van der Waals surface area contributed by atoms with Crippen molar-refractivity contribution in [3.63, 3.8) is 0 Å². The lowest BCUT2D eigenvalue weighted by molar-refractivity contribution is -0.118. The van der Waals surface area contributed by atoms with Gasteiger partial charge < -0.3 is 44.7 Å². The molecule has 1 fully saturated rings. The van der Waals surface area contributed by atoms with Crippen molar-refractivity contribution < 1.29 is 60.7 Å². The number of carbonyl (C=O) groups excluding carboxylic acids is 1. The van der Waals surface area contributed by atoms with Crippen LogP contribution in [-0.2, 0) is 41.1 Å². The fraction of sp³-hybridized carbons (Fsp3) is 0.550. The molecule has 1 amide bonds. The summed E-state index contributed by atoms with van der Waals surface area (Å²) in [5, 5.41) is 2.99. The Morgan fingerprint density at radius 1 is 1.22 bits per heavy atom. The summed E-state index contributed by atoms with van der Waals surface area (Å²) < 4.78 is 60.6. The van der Waals surface area contributed by atoms with Crippen molar-refractivity contribution in [2.24, 2.45) is 5.92 Å². The summed E-state index contributed by atoms with van der Waals surface area (Å²) in [6, 6.07) is 0. The molecule has 1 aliphatic heterocycles. The molecule has 41 heavy (non-hydrogen) atoms. The largest absolute Gasteiger partial charge is 0.490 e. The van der Waals surface area contributed by atoms with Crippen LogP contribution in [0.5, 0.6) is 0 Å². The van der Waals surface area contributed by atoms with E-state index in [1.165, 1.54) is 13.3 Å². The maximum Gasteiger partial charge on any atom is 0.490 e. The predicted octanol–water partition coefficient (Wildman–Crippen LogP) is 1.17. The van der Waals surface area contributed by atoms with E-state index in [2.05, 4.69) is 35.7 Å². The second-order valence-corrected chi connectivity index (χ2v) is 13.6. The molecule has 0 aliphatic carbocycles. The average molecular weight is 641 g/mol. The Morgan fingerprint density at radius 3 is 2.56 bits per heavy atom. The molecule has 1 aliphatic rings. The van der Waals surface area contributed by atoms with Crippen LogP contribution in [0.4, 0.5) is 5.82 Å². The third-order valence-electron chi connectivity index (χ3n) is 5.24. The zero-order valence-electron chi connectivity index (χ0n) is 22.0. The molecule has 2 aromatic heterocycles. The smallest absolute Gasteiger partial charge is 0.383 e. The van der Waals surface area contributed by atoms with E-state index in [4.69, 9.17) is 29.5 Å². The van der Waals surface area contributed by atoms with E-state index >= 15 is 0 Å². The number of nitrogens with zero attached hydrogens (tertiary/aromatic N) is 3. The lowest BCUT2D eigenvalue weighted by atomic mass is 10.1. The van der Waals surface area contributed by atoms with Crippen LogP contribution >= 0.6 is 23.5 Å². The fourth-order valence-electron chi connectivity index (χ4n) is 3.71. The third kappa shape index (κ3) is 9.93. The zero-order chi connectivity index (χ0) is 30.6. The minimum absolute atomic E-state index is 0.0866. The maximum absolute atomic E-state index is 12.3. The van der Waals surface area contributed by atoms with Gasteiger partial charge >= 0.3 is 23.5 Å². The van der Waals surface area contributed by atoms with Crippen molar-refractivity contribution >= 4 is 46.2 Å². The molecule has 7 N–H and O–H groups in total. The number of nitrogens with one attached hydrogen (secondary N) is 1. The Labute approximate surface area is 234 Å². The van der Waals surface area contributed by atoms with Gasteiger partial charge in [-0.2, -0.15) is 8.62 Å². The number of phosphoric acid groups is 3. The summed E-state index contributed by atoms with van der Waals surface area (Å²) in [5.74, 6) is 5.73. The SMILES string of the molecule is CC(=O)NCC#Cc1cn([C@H]2CC(OCC(C)C)[C@@H](COP(=O)(O)OP(=O)(O)OP(=O)(O)O)O2)c2ncnc(N)c12. The summed E-state index contributed by atoms with van der Waals surface area (Å²) in [6.07, 6.45) is 0.561. The number of amides is 1. The van der Waals surface area contributed by atoms with Gasteiger partial charge in [0, 0.05) is 26.1 Å². The monoisotopic (exact) mass is 641 g/mol. The standard InChI is InChI=1S/C20H30N5O13P3/c1-12(2)9-34-15-7-17(36-16(15)10-35-40(30,31)38-41(32,33)37-39(27,28)29)25-8-14(5-4-6-22-13(3)26)18-19(21)23-11-24-20(18)25/h8,11-12,15-17H,6-7,9-10H2,1-3H3,(H,22,26)(H,30,31)(H,32,33)(H2,21,23,24)(H2,27,28,29)/t15?,16-,17-/m1/s1. The second kappa shape index (κ2) is 13.4. The van der Waals surface area contributed by atoms with Crippen LogP contribution in [0.1, 0.15) is 39.0 Å².